The zero-order chi connectivity index (χ0) is 18.3. The van der Waals surface area contributed by atoms with Crippen molar-refractivity contribution in [1.82, 2.24) is 14.6 Å². The van der Waals surface area contributed by atoms with Gasteiger partial charge in [-0.25, -0.2) is 9.50 Å². The first-order valence-corrected chi connectivity index (χ1v) is 8.80. The van der Waals surface area contributed by atoms with Crippen LogP contribution in [-0.4, -0.2) is 26.5 Å². The van der Waals surface area contributed by atoms with Gasteiger partial charge in [0.05, 0.1) is 11.9 Å². The molecule has 7 heteroatoms. The van der Waals surface area contributed by atoms with Gasteiger partial charge >= 0.3 is 0 Å². The first-order chi connectivity index (χ1) is 12.5. The number of nitrogens with two attached hydrogens (primary N) is 1. The number of primary amides is 1. The van der Waals surface area contributed by atoms with Crippen LogP contribution in [0.3, 0.4) is 0 Å². The fourth-order valence-corrected chi connectivity index (χ4v) is 3.27. The molecule has 4 N–H and O–H groups in total. The minimum absolute atomic E-state index is 0.265. The van der Waals surface area contributed by atoms with Crippen LogP contribution in [0.4, 0.5) is 17.2 Å². The Bertz CT molecular complexity index is 969. The molecule has 1 fully saturated rings. The Morgan fingerprint density at radius 2 is 1.92 bits per heavy atom. The summed E-state index contributed by atoms with van der Waals surface area (Å²) in [5.41, 5.74) is 10.5. The number of amides is 1. The molecule has 3 aromatic rings. The van der Waals surface area contributed by atoms with Crippen LogP contribution in [0.1, 0.15) is 40.9 Å². The number of aryl methyl sites for hydroxylation is 2. The molecule has 4 rings (SSSR count). The molecule has 1 aliphatic carbocycles. The lowest BCUT2D eigenvalue weighted by molar-refractivity contribution is 0.0993. The molecule has 2 heterocycles. The van der Waals surface area contributed by atoms with E-state index in [2.05, 4.69) is 52.8 Å². The highest BCUT2D eigenvalue weighted by atomic mass is 16.1. The Balaban J connectivity index is 1.77. The Morgan fingerprint density at radius 1 is 1.19 bits per heavy atom. The van der Waals surface area contributed by atoms with E-state index in [-0.39, 0.29) is 5.69 Å². The minimum atomic E-state index is -0.553. The highest BCUT2D eigenvalue weighted by Gasteiger charge is 2.21. The predicted octanol–water partition coefficient (Wildman–Crippen LogP) is 3.15. The number of rotatable bonds is 5. The van der Waals surface area contributed by atoms with Crippen molar-refractivity contribution in [2.75, 3.05) is 10.6 Å². The highest BCUT2D eigenvalue weighted by molar-refractivity contribution is 5.92. The van der Waals surface area contributed by atoms with Crippen LogP contribution in [0.25, 0.3) is 5.65 Å². The molecule has 0 radical (unpaired) electrons. The lowest BCUT2D eigenvalue weighted by atomic mass is 9.93. The fraction of sp³-hybridized carbons (Fsp3) is 0.316. The molecule has 1 aliphatic rings. The number of carbonyl (C=O) groups excluding carboxylic acids is 1. The standard InChI is InChI=1S/C19H22N6O/c1-11-6-12(2)8-14(7-11)23-17-9-15(22-13-4-3-5-13)19-21-10-16(18(20)26)25(19)24-17/h6-10,13,22H,3-5H2,1-2H3,(H2,20,26)(H,23,24). The van der Waals surface area contributed by atoms with Gasteiger partial charge in [0.2, 0.25) is 0 Å². The number of aromatic nitrogens is 3. The van der Waals surface area contributed by atoms with Gasteiger partial charge in [-0.1, -0.05) is 6.07 Å². The van der Waals surface area contributed by atoms with Gasteiger partial charge in [-0.3, -0.25) is 4.79 Å². The van der Waals surface area contributed by atoms with Crippen molar-refractivity contribution in [2.24, 2.45) is 5.73 Å². The normalized spacial score (nSPS) is 14.2. The molecule has 0 bridgehead atoms. The average Bonchev–Trinajstić information content (AvgIpc) is 2.93. The SMILES string of the molecule is Cc1cc(C)cc(Nc2cc(NC3CCC3)c3ncc(C(N)=O)n3n2)c1. The Morgan fingerprint density at radius 3 is 2.54 bits per heavy atom. The molecule has 134 valence electrons. The molecule has 1 aromatic carbocycles. The summed E-state index contributed by atoms with van der Waals surface area (Å²) >= 11 is 0. The van der Waals surface area contributed by atoms with Crippen molar-refractivity contribution in [2.45, 2.75) is 39.2 Å². The largest absolute Gasteiger partial charge is 0.379 e. The van der Waals surface area contributed by atoms with E-state index in [0.717, 1.165) is 24.2 Å². The van der Waals surface area contributed by atoms with Gasteiger partial charge in [-0.2, -0.15) is 0 Å². The third-order valence-corrected chi connectivity index (χ3v) is 4.68. The Labute approximate surface area is 151 Å². The van der Waals surface area contributed by atoms with Crippen molar-refractivity contribution in [3.63, 3.8) is 0 Å². The number of nitrogens with one attached hydrogen (secondary N) is 2. The minimum Gasteiger partial charge on any atom is -0.379 e. The quantitative estimate of drug-likeness (QED) is 0.657. The molecule has 2 aromatic heterocycles. The molecule has 1 saturated carbocycles. The number of hydrogen-bond donors (Lipinski definition) is 3. The molecule has 0 unspecified atom stereocenters. The van der Waals surface area contributed by atoms with Gasteiger partial charge in [0.25, 0.3) is 5.91 Å². The third kappa shape index (κ3) is 3.08. The second kappa shape index (κ2) is 6.33. The van der Waals surface area contributed by atoms with E-state index in [4.69, 9.17) is 5.73 Å². The number of anilines is 3. The lowest BCUT2D eigenvalue weighted by Gasteiger charge is -2.27. The maximum absolute atomic E-state index is 11.7. The second-order valence-electron chi connectivity index (χ2n) is 6.96. The van der Waals surface area contributed by atoms with E-state index < -0.39 is 5.91 Å². The van der Waals surface area contributed by atoms with Crippen molar-refractivity contribution in [3.8, 4) is 0 Å². The van der Waals surface area contributed by atoms with E-state index in [1.807, 2.05) is 6.07 Å². The van der Waals surface area contributed by atoms with Crippen LogP contribution < -0.4 is 16.4 Å². The van der Waals surface area contributed by atoms with Gasteiger partial charge in [0.1, 0.15) is 5.69 Å². The fourth-order valence-electron chi connectivity index (χ4n) is 3.27. The summed E-state index contributed by atoms with van der Waals surface area (Å²) in [6.07, 6.45) is 4.97. The topological polar surface area (TPSA) is 97.3 Å². The highest BCUT2D eigenvalue weighted by Crippen LogP contribution is 2.28. The summed E-state index contributed by atoms with van der Waals surface area (Å²) in [5, 5.41) is 11.4. The molecule has 0 spiro atoms. The number of imidazole rings is 1. The van der Waals surface area contributed by atoms with E-state index in [0.29, 0.717) is 17.5 Å². The molecular weight excluding hydrogens is 328 g/mol. The van der Waals surface area contributed by atoms with E-state index in [9.17, 15) is 4.79 Å². The third-order valence-electron chi connectivity index (χ3n) is 4.68. The van der Waals surface area contributed by atoms with Gasteiger partial charge in [0.15, 0.2) is 11.5 Å². The maximum Gasteiger partial charge on any atom is 0.269 e. The summed E-state index contributed by atoms with van der Waals surface area (Å²) in [5.74, 6) is 0.0768. The summed E-state index contributed by atoms with van der Waals surface area (Å²) < 4.78 is 1.51. The molecule has 1 amide bonds. The van der Waals surface area contributed by atoms with Crippen LogP contribution in [0.15, 0.2) is 30.5 Å². The first kappa shape index (κ1) is 16.4. The summed E-state index contributed by atoms with van der Waals surface area (Å²) in [7, 11) is 0. The Hall–Kier alpha value is -3.09. The van der Waals surface area contributed by atoms with Crippen molar-refractivity contribution < 1.29 is 4.79 Å². The van der Waals surface area contributed by atoms with Crippen LogP contribution in [0.5, 0.6) is 0 Å². The molecule has 0 atom stereocenters. The molecular formula is C19H22N6O. The molecule has 7 nitrogen and oxygen atoms in total. The Kier molecular flexibility index (Phi) is 3.99. The zero-order valence-corrected chi connectivity index (χ0v) is 14.9. The number of fused-ring (bicyclic) bond motifs is 1. The predicted molar refractivity (Wildman–Crippen MR) is 102 cm³/mol. The van der Waals surface area contributed by atoms with Crippen LogP contribution in [0.2, 0.25) is 0 Å². The number of benzene rings is 1. The van der Waals surface area contributed by atoms with Crippen LogP contribution in [0, 0.1) is 13.8 Å². The van der Waals surface area contributed by atoms with Gasteiger partial charge < -0.3 is 16.4 Å². The van der Waals surface area contributed by atoms with Crippen LogP contribution >= 0.6 is 0 Å². The van der Waals surface area contributed by atoms with E-state index >= 15 is 0 Å². The number of nitrogens with zero attached hydrogens (tertiary/aromatic N) is 3. The van der Waals surface area contributed by atoms with Gasteiger partial charge in [0, 0.05) is 17.8 Å². The van der Waals surface area contributed by atoms with Crippen molar-refractivity contribution in [1.29, 1.82) is 0 Å². The maximum atomic E-state index is 11.7. The van der Waals surface area contributed by atoms with Gasteiger partial charge in [-0.05, 0) is 56.4 Å². The smallest absolute Gasteiger partial charge is 0.269 e. The summed E-state index contributed by atoms with van der Waals surface area (Å²) in [6.45, 7) is 4.11. The summed E-state index contributed by atoms with van der Waals surface area (Å²) in [6, 6.07) is 8.60. The molecule has 0 saturated heterocycles. The van der Waals surface area contributed by atoms with Crippen molar-refractivity contribution >= 4 is 28.7 Å². The van der Waals surface area contributed by atoms with E-state index in [1.54, 1.807) is 0 Å². The second-order valence-corrected chi connectivity index (χ2v) is 6.96. The van der Waals surface area contributed by atoms with Crippen LogP contribution in [-0.2, 0) is 0 Å². The monoisotopic (exact) mass is 350 g/mol. The number of hydrogen-bond acceptors (Lipinski definition) is 5. The van der Waals surface area contributed by atoms with Gasteiger partial charge in [-0.15, -0.1) is 5.10 Å². The van der Waals surface area contributed by atoms with E-state index in [1.165, 1.54) is 28.3 Å². The average molecular weight is 350 g/mol. The zero-order valence-electron chi connectivity index (χ0n) is 14.9. The molecule has 0 aliphatic heterocycles. The summed E-state index contributed by atoms with van der Waals surface area (Å²) in [4.78, 5) is 16.1. The number of carbonyl (C=O) groups is 1. The lowest BCUT2D eigenvalue weighted by Crippen LogP contribution is -2.27. The van der Waals surface area contributed by atoms with Crippen molar-refractivity contribution in [3.05, 3.63) is 47.3 Å². The molecule has 26 heavy (non-hydrogen) atoms. The first-order valence-electron chi connectivity index (χ1n) is 8.80.